The summed E-state index contributed by atoms with van der Waals surface area (Å²) in [6, 6.07) is 4.49. The Bertz CT molecular complexity index is 404. The van der Waals surface area contributed by atoms with Gasteiger partial charge in [-0.25, -0.2) is 4.39 Å². The summed E-state index contributed by atoms with van der Waals surface area (Å²) in [6.07, 6.45) is 2.30. The standard InChI is InChI=1S/C14H22FN3/c1-3-5-8-18(4-2)10-11-6-7-12(15)9-13(11)14(16)17/h6-7,9H,3-5,8,10H2,1-2H3,(H3,16,17). The number of unbranched alkanes of at least 4 members (excludes halogenated alkanes) is 1. The average Bonchev–Trinajstić information content (AvgIpc) is 2.35. The minimum Gasteiger partial charge on any atom is -0.384 e. The van der Waals surface area contributed by atoms with Crippen LogP contribution in [0, 0.1) is 11.2 Å². The van der Waals surface area contributed by atoms with Gasteiger partial charge in [-0.15, -0.1) is 0 Å². The van der Waals surface area contributed by atoms with Crippen molar-refractivity contribution >= 4 is 5.84 Å². The molecular weight excluding hydrogens is 229 g/mol. The van der Waals surface area contributed by atoms with Gasteiger partial charge in [-0.1, -0.05) is 26.3 Å². The van der Waals surface area contributed by atoms with Crippen LogP contribution in [0.15, 0.2) is 18.2 Å². The van der Waals surface area contributed by atoms with E-state index < -0.39 is 0 Å². The van der Waals surface area contributed by atoms with Gasteiger partial charge in [0.1, 0.15) is 11.7 Å². The SMILES string of the molecule is CCCCN(CC)Cc1ccc(F)cc1C(=N)N. The molecule has 1 rings (SSSR count). The molecule has 0 aliphatic carbocycles. The summed E-state index contributed by atoms with van der Waals surface area (Å²) in [4.78, 5) is 2.28. The van der Waals surface area contributed by atoms with E-state index in [0.717, 1.165) is 31.5 Å². The van der Waals surface area contributed by atoms with Crippen LogP contribution in [0.3, 0.4) is 0 Å². The topological polar surface area (TPSA) is 53.1 Å². The quantitative estimate of drug-likeness (QED) is 0.578. The molecule has 0 spiro atoms. The van der Waals surface area contributed by atoms with E-state index in [1.54, 1.807) is 6.07 Å². The van der Waals surface area contributed by atoms with Crippen LogP contribution in [0.5, 0.6) is 0 Å². The average molecular weight is 251 g/mol. The van der Waals surface area contributed by atoms with Gasteiger partial charge < -0.3 is 5.73 Å². The second-order valence-corrected chi connectivity index (χ2v) is 4.44. The molecule has 4 heteroatoms. The summed E-state index contributed by atoms with van der Waals surface area (Å²) in [5.41, 5.74) is 6.92. The Balaban J connectivity index is 2.84. The fraction of sp³-hybridized carbons (Fsp3) is 0.500. The number of nitrogens with two attached hydrogens (primary N) is 1. The predicted octanol–water partition coefficient (Wildman–Crippen LogP) is 2.73. The second kappa shape index (κ2) is 7.11. The van der Waals surface area contributed by atoms with Gasteiger partial charge in [0.2, 0.25) is 0 Å². The molecule has 0 aliphatic heterocycles. The van der Waals surface area contributed by atoms with Crippen molar-refractivity contribution in [3.63, 3.8) is 0 Å². The van der Waals surface area contributed by atoms with Gasteiger partial charge in [0.15, 0.2) is 0 Å². The molecule has 0 aliphatic rings. The zero-order chi connectivity index (χ0) is 13.5. The number of benzene rings is 1. The molecule has 0 saturated heterocycles. The first kappa shape index (κ1) is 14.6. The van der Waals surface area contributed by atoms with Crippen LogP contribution in [-0.4, -0.2) is 23.8 Å². The van der Waals surface area contributed by atoms with E-state index in [1.165, 1.54) is 12.1 Å². The summed E-state index contributed by atoms with van der Waals surface area (Å²) in [5.74, 6) is -0.420. The molecule has 0 fully saturated rings. The van der Waals surface area contributed by atoms with Crippen molar-refractivity contribution in [3.05, 3.63) is 35.1 Å². The summed E-state index contributed by atoms with van der Waals surface area (Å²) in [6.45, 7) is 6.93. The maximum Gasteiger partial charge on any atom is 0.123 e. The van der Waals surface area contributed by atoms with Crippen LogP contribution in [0.2, 0.25) is 0 Å². The highest BCUT2D eigenvalue weighted by Gasteiger charge is 2.10. The van der Waals surface area contributed by atoms with Crippen molar-refractivity contribution < 1.29 is 4.39 Å². The lowest BCUT2D eigenvalue weighted by molar-refractivity contribution is 0.275. The third-order valence-corrected chi connectivity index (χ3v) is 3.03. The van der Waals surface area contributed by atoms with E-state index in [2.05, 4.69) is 18.7 Å². The van der Waals surface area contributed by atoms with Gasteiger partial charge in [0, 0.05) is 12.1 Å². The first-order valence-corrected chi connectivity index (χ1v) is 6.43. The molecule has 0 amide bonds. The van der Waals surface area contributed by atoms with Crippen LogP contribution in [0.25, 0.3) is 0 Å². The largest absolute Gasteiger partial charge is 0.384 e. The van der Waals surface area contributed by atoms with Gasteiger partial charge in [-0.2, -0.15) is 0 Å². The lowest BCUT2D eigenvalue weighted by Crippen LogP contribution is -2.26. The Morgan fingerprint density at radius 3 is 2.67 bits per heavy atom. The fourth-order valence-corrected chi connectivity index (χ4v) is 1.91. The summed E-state index contributed by atoms with van der Waals surface area (Å²) >= 11 is 0. The van der Waals surface area contributed by atoms with E-state index in [-0.39, 0.29) is 11.7 Å². The van der Waals surface area contributed by atoms with Gasteiger partial charge in [0.25, 0.3) is 0 Å². The first-order valence-electron chi connectivity index (χ1n) is 6.43. The molecule has 100 valence electrons. The highest BCUT2D eigenvalue weighted by Crippen LogP contribution is 2.14. The first-order chi connectivity index (χ1) is 8.58. The van der Waals surface area contributed by atoms with Crippen molar-refractivity contribution in [2.45, 2.75) is 33.2 Å². The molecule has 0 aromatic heterocycles. The number of nitrogen functional groups attached to an aromatic ring is 1. The zero-order valence-corrected chi connectivity index (χ0v) is 11.2. The normalized spacial score (nSPS) is 10.9. The Labute approximate surface area is 108 Å². The summed E-state index contributed by atoms with van der Waals surface area (Å²) in [5, 5.41) is 7.50. The van der Waals surface area contributed by atoms with E-state index in [1.807, 2.05) is 0 Å². The number of nitrogens with one attached hydrogen (secondary N) is 1. The number of hydrogen-bond donors (Lipinski definition) is 2. The van der Waals surface area contributed by atoms with Crippen LogP contribution < -0.4 is 5.73 Å². The van der Waals surface area contributed by atoms with Crippen molar-refractivity contribution in [1.29, 1.82) is 5.41 Å². The highest BCUT2D eigenvalue weighted by molar-refractivity contribution is 5.96. The Morgan fingerprint density at radius 1 is 1.39 bits per heavy atom. The minimum atomic E-state index is -0.347. The highest BCUT2D eigenvalue weighted by atomic mass is 19.1. The number of hydrogen-bond acceptors (Lipinski definition) is 2. The summed E-state index contributed by atoms with van der Waals surface area (Å²) < 4.78 is 13.2. The van der Waals surface area contributed by atoms with E-state index >= 15 is 0 Å². The molecular formula is C14H22FN3. The van der Waals surface area contributed by atoms with Crippen LogP contribution in [-0.2, 0) is 6.54 Å². The smallest absolute Gasteiger partial charge is 0.123 e. The Kier molecular flexibility index (Phi) is 5.78. The molecule has 0 bridgehead atoms. The molecule has 1 aromatic rings. The fourth-order valence-electron chi connectivity index (χ4n) is 1.91. The molecule has 0 heterocycles. The van der Waals surface area contributed by atoms with Crippen molar-refractivity contribution in [2.24, 2.45) is 5.73 Å². The summed E-state index contributed by atoms with van der Waals surface area (Å²) in [7, 11) is 0. The van der Waals surface area contributed by atoms with Crippen LogP contribution in [0.4, 0.5) is 4.39 Å². The maximum absolute atomic E-state index is 13.2. The number of rotatable bonds is 7. The minimum absolute atomic E-state index is 0.0731. The molecule has 0 radical (unpaired) electrons. The van der Waals surface area contributed by atoms with E-state index in [4.69, 9.17) is 11.1 Å². The van der Waals surface area contributed by atoms with Crippen LogP contribution in [0.1, 0.15) is 37.8 Å². The van der Waals surface area contributed by atoms with Gasteiger partial charge >= 0.3 is 0 Å². The number of nitrogens with zero attached hydrogens (tertiary/aromatic N) is 1. The second-order valence-electron chi connectivity index (χ2n) is 4.44. The zero-order valence-electron chi connectivity index (χ0n) is 11.2. The molecule has 3 nitrogen and oxygen atoms in total. The Morgan fingerprint density at radius 2 is 2.11 bits per heavy atom. The molecule has 18 heavy (non-hydrogen) atoms. The third-order valence-electron chi connectivity index (χ3n) is 3.03. The molecule has 0 unspecified atom stereocenters. The predicted molar refractivity (Wildman–Crippen MR) is 73.3 cm³/mol. The Hall–Kier alpha value is -1.42. The van der Waals surface area contributed by atoms with Crippen LogP contribution >= 0.6 is 0 Å². The molecule has 0 saturated carbocycles. The lowest BCUT2D eigenvalue weighted by atomic mass is 10.1. The van der Waals surface area contributed by atoms with Crippen molar-refractivity contribution in [3.8, 4) is 0 Å². The maximum atomic E-state index is 13.2. The molecule has 1 aromatic carbocycles. The lowest BCUT2D eigenvalue weighted by Gasteiger charge is -2.21. The van der Waals surface area contributed by atoms with Crippen molar-refractivity contribution in [1.82, 2.24) is 4.90 Å². The molecule has 3 N–H and O–H groups in total. The monoisotopic (exact) mass is 251 g/mol. The van der Waals surface area contributed by atoms with Gasteiger partial charge in [-0.3, -0.25) is 10.3 Å². The number of halogens is 1. The van der Waals surface area contributed by atoms with Gasteiger partial charge in [0.05, 0.1) is 0 Å². The molecule has 0 atom stereocenters. The third kappa shape index (κ3) is 4.11. The van der Waals surface area contributed by atoms with Gasteiger partial charge in [-0.05, 0) is 37.2 Å². The van der Waals surface area contributed by atoms with E-state index in [9.17, 15) is 4.39 Å². The van der Waals surface area contributed by atoms with E-state index in [0.29, 0.717) is 12.1 Å². The number of amidine groups is 1. The van der Waals surface area contributed by atoms with Crippen molar-refractivity contribution in [2.75, 3.05) is 13.1 Å².